The zero-order valence-electron chi connectivity index (χ0n) is 44.3. The molecule has 3 N–H and O–H groups in total. The van der Waals surface area contributed by atoms with Gasteiger partial charge in [-0.2, -0.15) is 4.98 Å². The Bertz CT molecular complexity index is 3670. The summed E-state index contributed by atoms with van der Waals surface area (Å²) in [4.78, 5) is 58.1. The van der Waals surface area contributed by atoms with Crippen molar-refractivity contribution in [3.8, 4) is 5.75 Å². The average molecular weight is 1170 g/mol. The van der Waals surface area contributed by atoms with E-state index in [0.717, 1.165) is 81.9 Å². The third kappa shape index (κ3) is 11.3. The Kier molecular flexibility index (Phi) is 15.9. The van der Waals surface area contributed by atoms with Crippen molar-refractivity contribution in [1.29, 1.82) is 0 Å². The highest BCUT2D eigenvalue weighted by Crippen LogP contribution is 2.44. The molecule has 0 radical (unpaired) electrons. The Hall–Kier alpha value is -6.51. The quantitative estimate of drug-likeness (QED) is 0.0574. The molecule has 3 aliphatic rings. The normalized spacial score (nSPS) is 17.2. The lowest BCUT2D eigenvalue weighted by molar-refractivity contribution is -0.135. The number of piperidine rings is 2. The van der Waals surface area contributed by atoms with Crippen LogP contribution in [0.25, 0.3) is 22.0 Å². The van der Waals surface area contributed by atoms with Gasteiger partial charge < -0.3 is 34.2 Å². The molecule has 78 heavy (non-hydrogen) atoms. The second-order valence-electron chi connectivity index (χ2n) is 20.4. The number of amides is 2. The molecule has 2 amide bonds. The highest BCUT2D eigenvalue weighted by Gasteiger charge is 2.33. The number of benzene rings is 4. The Morgan fingerprint density at radius 3 is 2.32 bits per heavy atom. The van der Waals surface area contributed by atoms with Gasteiger partial charge in [-0.1, -0.05) is 41.9 Å². The van der Waals surface area contributed by atoms with E-state index >= 15 is 4.39 Å². The van der Waals surface area contributed by atoms with E-state index in [4.69, 9.17) is 14.1 Å². The number of hydrogen-bond acceptors (Lipinski definition) is 16. The van der Waals surface area contributed by atoms with Gasteiger partial charge in [-0.15, -0.1) is 0 Å². The molecule has 1 atom stereocenters. The fourth-order valence-electron chi connectivity index (χ4n) is 11.0. The first-order chi connectivity index (χ1) is 37.4. The summed E-state index contributed by atoms with van der Waals surface area (Å²) in [5.74, 6) is -1.63. The zero-order valence-corrected chi connectivity index (χ0v) is 47.6. The molecule has 18 nitrogen and oxygen atoms in total. The lowest BCUT2D eigenvalue weighted by Crippen LogP contribution is -2.53. The number of rotatable bonds is 17. The summed E-state index contributed by atoms with van der Waals surface area (Å²) in [6.07, 6.45) is 5.72. The number of anilines is 5. The molecular formula is C56H63BrFN10O8PS. The van der Waals surface area contributed by atoms with Crippen LogP contribution >= 0.6 is 23.1 Å². The Morgan fingerprint density at radius 2 is 1.63 bits per heavy atom. The molecule has 0 saturated carbocycles. The van der Waals surface area contributed by atoms with E-state index in [1.807, 2.05) is 38.1 Å². The maximum absolute atomic E-state index is 16.1. The molecule has 6 heterocycles. The monoisotopic (exact) mass is 1160 g/mol. The zero-order chi connectivity index (χ0) is 55.0. The summed E-state index contributed by atoms with van der Waals surface area (Å²) < 4.78 is 72.8. The van der Waals surface area contributed by atoms with E-state index in [2.05, 4.69) is 69.5 Å². The van der Waals surface area contributed by atoms with Crippen LogP contribution in [0.4, 0.5) is 33.2 Å². The minimum absolute atomic E-state index is 0.00880. The maximum Gasteiger partial charge on any atom is 0.420 e. The number of oxazole rings is 1. The molecule has 4 aromatic carbocycles. The van der Waals surface area contributed by atoms with Crippen molar-refractivity contribution in [2.24, 2.45) is 0 Å². The summed E-state index contributed by atoms with van der Waals surface area (Å²) in [5, 5.41) is 9.41. The smallest absolute Gasteiger partial charge is 0.420 e. The molecule has 3 fully saturated rings. The van der Waals surface area contributed by atoms with Gasteiger partial charge in [-0.25, -0.2) is 27.6 Å². The summed E-state index contributed by atoms with van der Waals surface area (Å²) in [6.45, 7) is 15.9. The predicted octanol–water partition coefficient (Wildman–Crippen LogP) is 8.73. The van der Waals surface area contributed by atoms with Gasteiger partial charge in [-0.3, -0.25) is 24.4 Å². The average Bonchev–Trinajstić information content (AvgIpc) is 3.89. The van der Waals surface area contributed by atoms with Crippen LogP contribution < -0.4 is 36.6 Å². The molecule has 10 rings (SSSR count). The number of fused-ring (bicyclic) bond motifs is 2. The number of sulfone groups is 1. The molecule has 7 aromatic rings. The van der Waals surface area contributed by atoms with E-state index < -0.39 is 40.5 Å². The topological polar surface area (TPSA) is 214 Å². The van der Waals surface area contributed by atoms with Crippen molar-refractivity contribution in [3.63, 3.8) is 0 Å². The molecule has 3 aliphatic heterocycles. The second-order valence-corrected chi connectivity index (χ2v) is 26.4. The lowest BCUT2D eigenvalue weighted by atomic mass is 9.99. The number of piperazine rings is 1. The first kappa shape index (κ1) is 54.8. The summed E-state index contributed by atoms with van der Waals surface area (Å²) in [5.41, 5.74) is 5.60. The highest BCUT2D eigenvalue weighted by molar-refractivity contribution is 9.10. The van der Waals surface area contributed by atoms with Crippen molar-refractivity contribution in [1.82, 2.24) is 34.6 Å². The van der Waals surface area contributed by atoms with E-state index in [1.165, 1.54) is 29.0 Å². The summed E-state index contributed by atoms with van der Waals surface area (Å²) >= 11 is 3.39. The predicted molar refractivity (Wildman–Crippen MR) is 304 cm³/mol. The maximum atomic E-state index is 16.1. The van der Waals surface area contributed by atoms with E-state index in [0.29, 0.717) is 68.9 Å². The largest absolute Gasteiger partial charge is 0.492 e. The second kappa shape index (κ2) is 22.7. The molecule has 3 aromatic heterocycles. The number of ether oxygens (including phenoxy) is 1. The van der Waals surface area contributed by atoms with E-state index in [9.17, 15) is 27.4 Å². The van der Waals surface area contributed by atoms with Gasteiger partial charge in [-0.05, 0) is 118 Å². The van der Waals surface area contributed by atoms with Crippen LogP contribution in [0, 0.1) is 5.82 Å². The van der Waals surface area contributed by atoms with E-state index in [1.54, 1.807) is 37.6 Å². The van der Waals surface area contributed by atoms with Crippen LogP contribution in [0.2, 0.25) is 0 Å². The third-order valence-electron chi connectivity index (χ3n) is 15.0. The molecule has 0 aliphatic carbocycles. The van der Waals surface area contributed by atoms with Gasteiger partial charge in [0.1, 0.15) is 29.3 Å². The van der Waals surface area contributed by atoms with Crippen molar-refractivity contribution in [2.45, 2.75) is 87.6 Å². The fourth-order valence-corrected chi connectivity index (χ4v) is 14.0. The Balaban J connectivity index is 0.830. The molecule has 0 spiro atoms. The fraction of sp³-hybridized carbons (Fsp3) is 0.393. The lowest BCUT2D eigenvalue weighted by Gasteiger charge is -2.43. The number of carbonyl (C=O) groups is 2. The minimum atomic E-state index is -4.26. The summed E-state index contributed by atoms with van der Waals surface area (Å²) in [6, 6.07) is 20.3. The number of pyridine rings is 1. The van der Waals surface area contributed by atoms with Crippen LogP contribution in [0.15, 0.2) is 102 Å². The van der Waals surface area contributed by atoms with Crippen LogP contribution in [-0.2, 0) is 43.3 Å². The first-order valence-corrected chi connectivity index (χ1v) is 31.4. The molecule has 22 heteroatoms. The molecule has 1 unspecified atom stereocenters. The number of imide groups is 1. The number of aryl methyl sites for hydroxylation is 2. The van der Waals surface area contributed by atoms with E-state index in [-0.39, 0.29) is 51.5 Å². The van der Waals surface area contributed by atoms with Crippen LogP contribution in [-0.4, -0.2) is 121 Å². The van der Waals surface area contributed by atoms with Gasteiger partial charge in [0, 0.05) is 97.0 Å². The van der Waals surface area contributed by atoms with Gasteiger partial charge in [0.25, 0.3) is 0 Å². The Morgan fingerprint density at radius 1 is 0.872 bits per heavy atom. The number of nitrogens with one attached hydrogen (secondary N) is 3. The van der Waals surface area contributed by atoms with Crippen molar-refractivity contribution < 1.29 is 36.1 Å². The number of carbonyl (C=O) groups excluding carboxylic acids is 2. The first-order valence-electron chi connectivity index (χ1n) is 26.5. The SMILES string of the molecule is CCOc1cc(N2CCC(N3CCN(CCc4ccc5c(c4)oc(=O)n5C4CCC(=O)NC4=O)CC3)CC2)c(CC)cc1Nc1ncc(S(=O)(=O)c2ccc(Br)cc2)c(Nc2cc(F)c3nc(CC)ccc3c2P(C)(C)=O)n1. The van der Waals surface area contributed by atoms with Crippen molar-refractivity contribution in [3.05, 3.63) is 117 Å². The minimum Gasteiger partial charge on any atom is -0.492 e. The molecule has 0 bridgehead atoms. The third-order valence-corrected chi connectivity index (χ3v) is 18.9. The van der Waals surface area contributed by atoms with Crippen LogP contribution in [0.5, 0.6) is 5.75 Å². The molecule has 3 saturated heterocycles. The van der Waals surface area contributed by atoms with Crippen LogP contribution in [0.1, 0.15) is 69.3 Å². The Labute approximate surface area is 460 Å². The van der Waals surface area contributed by atoms with Crippen LogP contribution in [0.3, 0.4) is 0 Å². The molecule has 410 valence electrons. The van der Waals surface area contributed by atoms with Crippen molar-refractivity contribution in [2.75, 3.05) is 81.3 Å². The van der Waals surface area contributed by atoms with Gasteiger partial charge in [0.05, 0.1) is 34.6 Å². The van der Waals surface area contributed by atoms with Gasteiger partial charge >= 0.3 is 5.76 Å². The van der Waals surface area contributed by atoms with Gasteiger partial charge in [0.15, 0.2) is 17.2 Å². The number of nitrogens with zero attached hydrogens (tertiary/aromatic N) is 7. The number of halogens is 2. The number of aromatic nitrogens is 4. The summed E-state index contributed by atoms with van der Waals surface area (Å²) in [7, 11) is -7.43. The van der Waals surface area contributed by atoms with Gasteiger partial charge in [0.2, 0.25) is 27.6 Å². The molecular weight excluding hydrogens is 1100 g/mol. The standard InChI is InChI=1S/C56H63BrFN10O8PS/c1-6-35-30-42(62-55-59-33-49(78(73,74)39-13-10-36(57)11-14-39)53(64-55)61-43-31-41(58)51-40(52(43)77(4,5)72)15-12-37(7-2)60-51)47(75-8-3)32-46(35)67-23-20-38(21-24-67)66-27-25-65(26-28-66)22-19-34-9-16-44-48(29-34)76-56(71)68(44)45-17-18-50(69)63-54(45)70/h9-16,29-33,38,45H,6-8,17-28H2,1-5H3,(H,63,69,70)(H2,59,61,62,64). The number of hydrogen-bond donors (Lipinski definition) is 3. The highest BCUT2D eigenvalue weighted by atomic mass is 79.9. The van der Waals surface area contributed by atoms with Crippen molar-refractivity contribution >= 4 is 101 Å².